The molecule has 1 saturated carbocycles. The van der Waals surface area contributed by atoms with Gasteiger partial charge in [-0.1, -0.05) is 48.0 Å². The number of para-hydroxylation sites is 1. The molecule has 0 bridgehead atoms. The van der Waals surface area contributed by atoms with E-state index in [-0.39, 0.29) is 0 Å². The predicted octanol–water partition coefficient (Wildman–Crippen LogP) is 7.44. The Kier molecular flexibility index (Phi) is 8.88. The third-order valence-corrected chi connectivity index (χ3v) is 10.2. The Bertz CT molecular complexity index is 1870. The number of halogens is 1. The monoisotopic (exact) mass is 628 g/mol. The van der Waals surface area contributed by atoms with Crippen LogP contribution in [0, 0.1) is 11.8 Å². The lowest BCUT2D eigenvalue weighted by Gasteiger charge is -2.29. The number of fused-ring (bicyclic) bond motifs is 2. The molecule has 0 spiro atoms. The maximum atomic E-state index is 13.4. The van der Waals surface area contributed by atoms with Crippen molar-refractivity contribution in [1.82, 2.24) is 14.7 Å². The summed E-state index contributed by atoms with van der Waals surface area (Å²) >= 11 is 6.06. The van der Waals surface area contributed by atoms with E-state index in [2.05, 4.69) is 15.4 Å². The Labute approximate surface area is 263 Å². The van der Waals surface area contributed by atoms with Crippen LogP contribution >= 0.6 is 11.6 Å². The fourth-order valence-electron chi connectivity index (χ4n) is 5.99. The van der Waals surface area contributed by atoms with Gasteiger partial charge in [-0.15, -0.1) is 0 Å². The number of benzene rings is 4. The van der Waals surface area contributed by atoms with Crippen molar-refractivity contribution < 1.29 is 8.42 Å². The van der Waals surface area contributed by atoms with Gasteiger partial charge in [-0.2, -0.15) is 4.98 Å². The number of nitrogens with one attached hydrogen (secondary N) is 3. The average molecular weight is 629 g/mol. The van der Waals surface area contributed by atoms with Crippen LogP contribution in [-0.4, -0.2) is 45.6 Å². The van der Waals surface area contributed by atoms with Gasteiger partial charge in [0.25, 0.3) is 0 Å². The highest BCUT2D eigenvalue weighted by Gasteiger charge is 2.25. The van der Waals surface area contributed by atoms with Gasteiger partial charge in [-0.25, -0.2) is 18.1 Å². The van der Waals surface area contributed by atoms with Crippen LogP contribution in [0.1, 0.15) is 25.7 Å². The van der Waals surface area contributed by atoms with Crippen molar-refractivity contribution in [3.8, 4) is 0 Å². The second-order valence-electron chi connectivity index (χ2n) is 11.7. The fraction of sp³-hybridized carbons (Fsp3) is 0.294. The molecule has 10 heteroatoms. The molecule has 1 aromatic heterocycles. The van der Waals surface area contributed by atoms with Gasteiger partial charge in [0.1, 0.15) is 5.82 Å². The van der Waals surface area contributed by atoms with Crippen LogP contribution in [0.5, 0.6) is 0 Å². The molecule has 44 heavy (non-hydrogen) atoms. The zero-order valence-corrected chi connectivity index (χ0v) is 26.5. The fourth-order valence-corrected chi connectivity index (χ4v) is 7.45. The Morgan fingerprint density at radius 3 is 2.18 bits per heavy atom. The summed E-state index contributed by atoms with van der Waals surface area (Å²) in [6.45, 7) is 1.21. The van der Waals surface area contributed by atoms with Crippen molar-refractivity contribution in [1.29, 1.82) is 0 Å². The maximum absolute atomic E-state index is 13.4. The van der Waals surface area contributed by atoms with Crippen LogP contribution in [0.15, 0.2) is 89.8 Å². The van der Waals surface area contributed by atoms with Crippen molar-refractivity contribution in [2.75, 3.05) is 42.7 Å². The van der Waals surface area contributed by atoms with Crippen LogP contribution < -0.4 is 20.3 Å². The second-order valence-corrected chi connectivity index (χ2v) is 13.9. The Balaban J connectivity index is 1.05. The number of anilines is 4. The normalized spacial score (nSPS) is 17.1. The van der Waals surface area contributed by atoms with Gasteiger partial charge < -0.3 is 15.5 Å². The lowest BCUT2D eigenvalue weighted by Crippen LogP contribution is -2.32. The highest BCUT2D eigenvalue weighted by atomic mass is 35.5. The summed E-state index contributed by atoms with van der Waals surface area (Å²) < 4.78 is 29.7. The SMILES string of the molecule is CN(C)c1cccc2c(S(=O)(=O)NC[C@H]3CC[C@H](CNc4nc(Nc5ccc(Cl)cc5)c5ccccc5n4)CC3)cccc12. The number of hydrogen-bond donors (Lipinski definition) is 3. The number of nitrogens with zero attached hydrogens (tertiary/aromatic N) is 3. The number of rotatable bonds is 10. The van der Waals surface area contributed by atoms with E-state index >= 15 is 0 Å². The summed E-state index contributed by atoms with van der Waals surface area (Å²) in [4.78, 5) is 11.9. The van der Waals surface area contributed by atoms with E-state index in [0.717, 1.165) is 71.1 Å². The minimum atomic E-state index is -3.65. The van der Waals surface area contributed by atoms with Gasteiger partial charge in [-0.3, -0.25) is 0 Å². The molecular formula is C34H37ClN6O2S. The van der Waals surface area contributed by atoms with Gasteiger partial charge in [0, 0.05) is 59.7 Å². The molecule has 1 aliphatic rings. The van der Waals surface area contributed by atoms with Crippen LogP contribution in [0.4, 0.5) is 23.1 Å². The summed E-state index contributed by atoms with van der Waals surface area (Å²) in [5, 5.41) is 10.2. The third kappa shape index (κ3) is 6.75. The van der Waals surface area contributed by atoms with Crippen molar-refractivity contribution >= 4 is 66.4 Å². The van der Waals surface area contributed by atoms with E-state index in [0.29, 0.717) is 34.2 Å². The molecule has 1 fully saturated rings. The zero-order chi connectivity index (χ0) is 30.7. The molecule has 0 atom stereocenters. The smallest absolute Gasteiger partial charge is 0.241 e. The molecule has 3 N–H and O–H groups in total. The highest BCUT2D eigenvalue weighted by Crippen LogP contribution is 2.32. The minimum absolute atomic E-state index is 0.306. The van der Waals surface area contributed by atoms with Gasteiger partial charge in [-0.05, 0) is 86.1 Å². The molecule has 4 aromatic carbocycles. The second kappa shape index (κ2) is 13.0. The number of hydrogen-bond acceptors (Lipinski definition) is 7. The van der Waals surface area contributed by atoms with Gasteiger partial charge in [0.15, 0.2) is 0 Å². The third-order valence-electron chi connectivity index (χ3n) is 8.42. The van der Waals surface area contributed by atoms with E-state index < -0.39 is 10.0 Å². The molecule has 228 valence electrons. The van der Waals surface area contributed by atoms with Crippen molar-refractivity contribution in [2.45, 2.75) is 30.6 Å². The van der Waals surface area contributed by atoms with E-state index in [4.69, 9.17) is 21.6 Å². The molecule has 8 nitrogen and oxygen atoms in total. The summed E-state index contributed by atoms with van der Waals surface area (Å²) in [6.07, 6.45) is 3.97. The average Bonchev–Trinajstić information content (AvgIpc) is 3.03. The zero-order valence-electron chi connectivity index (χ0n) is 24.9. The van der Waals surface area contributed by atoms with Crippen molar-refractivity contribution in [3.63, 3.8) is 0 Å². The molecule has 0 radical (unpaired) electrons. The first-order chi connectivity index (χ1) is 21.3. The van der Waals surface area contributed by atoms with Crippen LogP contribution in [0.3, 0.4) is 0 Å². The van der Waals surface area contributed by atoms with Crippen molar-refractivity contribution in [2.24, 2.45) is 11.8 Å². The molecular weight excluding hydrogens is 592 g/mol. The van der Waals surface area contributed by atoms with Gasteiger partial charge >= 0.3 is 0 Å². The highest BCUT2D eigenvalue weighted by molar-refractivity contribution is 7.89. The first-order valence-corrected chi connectivity index (χ1v) is 16.8. The van der Waals surface area contributed by atoms with E-state index in [1.807, 2.05) is 97.9 Å². The summed E-state index contributed by atoms with van der Waals surface area (Å²) in [5.74, 6) is 2.09. The topological polar surface area (TPSA) is 99.3 Å². The van der Waals surface area contributed by atoms with Crippen LogP contribution in [0.25, 0.3) is 21.7 Å². The molecule has 1 heterocycles. The first-order valence-electron chi connectivity index (χ1n) is 15.0. The molecule has 0 saturated heterocycles. The molecule has 6 rings (SSSR count). The lowest BCUT2D eigenvalue weighted by molar-refractivity contribution is 0.284. The molecule has 1 aliphatic carbocycles. The standard InChI is InChI=1S/C34H37ClN6O2S/c1-41(2)31-11-5-9-28-27(31)8-6-12-32(28)44(42,43)37-22-24-15-13-23(14-16-24)21-36-34-39-30-10-4-3-7-29(30)33(40-34)38-26-19-17-25(35)18-20-26/h3-12,17-20,23-24,37H,13-16,21-22H2,1-2H3,(H2,36,38,39,40)/t23-,24-. The quantitative estimate of drug-likeness (QED) is 0.148. The Hall–Kier alpha value is -3.92. The van der Waals surface area contributed by atoms with Gasteiger partial charge in [0.2, 0.25) is 16.0 Å². The lowest BCUT2D eigenvalue weighted by atomic mass is 9.82. The minimum Gasteiger partial charge on any atom is -0.377 e. The largest absolute Gasteiger partial charge is 0.377 e. The summed E-state index contributed by atoms with van der Waals surface area (Å²) in [6, 6.07) is 26.8. The summed E-state index contributed by atoms with van der Waals surface area (Å²) in [7, 11) is 0.284. The van der Waals surface area contributed by atoms with E-state index in [9.17, 15) is 8.42 Å². The van der Waals surface area contributed by atoms with Gasteiger partial charge in [0.05, 0.1) is 10.4 Å². The molecule has 0 unspecified atom stereocenters. The van der Waals surface area contributed by atoms with Crippen LogP contribution in [-0.2, 0) is 10.0 Å². The summed E-state index contributed by atoms with van der Waals surface area (Å²) in [5.41, 5.74) is 2.76. The van der Waals surface area contributed by atoms with Crippen LogP contribution in [0.2, 0.25) is 5.02 Å². The van der Waals surface area contributed by atoms with Crippen molar-refractivity contribution in [3.05, 3.63) is 90.0 Å². The predicted molar refractivity (Wildman–Crippen MR) is 182 cm³/mol. The Morgan fingerprint density at radius 2 is 1.43 bits per heavy atom. The molecule has 5 aromatic rings. The molecule has 0 aliphatic heterocycles. The number of sulfonamides is 1. The number of aromatic nitrogens is 2. The first kappa shape index (κ1) is 30.1. The van der Waals surface area contributed by atoms with E-state index in [1.54, 1.807) is 6.07 Å². The Morgan fingerprint density at radius 1 is 0.773 bits per heavy atom. The maximum Gasteiger partial charge on any atom is 0.241 e. The molecule has 0 amide bonds. The van der Waals surface area contributed by atoms with E-state index in [1.165, 1.54) is 0 Å².